The van der Waals surface area contributed by atoms with Crippen LogP contribution in [0.2, 0.25) is 0 Å². The smallest absolute Gasteiger partial charge is 0.250 e. The summed E-state index contributed by atoms with van der Waals surface area (Å²) in [6.45, 7) is 4.16. The maximum absolute atomic E-state index is 11.8. The standard InChI is InChI=1S/C21H24N4OS.HI/c1-16-10-12-27-19(16)14-24-21(22-2)23-13-17-6-8-18(9-7-17)15-25-11-4-3-5-20(25)26;/h3-12H,13-15H2,1-2H3,(H2,22,23,24);1H. The molecule has 0 radical (unpaired) electrons. The molecule has 0 fully saturated rings. The number of nitrogens with zero attached hydrogens (tertiary/aromatic N) is 2. The highest BCUT2D eigenvalue weighted by molar-refractivity contribution is 14.0. The second-order valence-electron chi connectivity index (χ2n) is 6.29. The molecule has 2 heterocycles. The SMILES string of the molecule is CN=C(NCc1ccc(Cn2ccccc2=O)cc1)NCc1sccc1C.I. The number of nitrogens with one attached hydrogen (secondary N) is 2. The van der Waals surface area contributed by atoms with E-state index in [2.05, 4.69) is 58.3 Å². The van der Waals surface area contributed by atoms with Gasteiger partial charge in [0.25, 0.3) is 5.56 Å². The second kappa shape index (κ2) is 11.0. The molecule has 0 aliphatic heterocycles. The van der Waals surface area contributed by atoms with E-state index < -0.39 is 0 Å². The number of pyridine rings is 1. The predicted molar refractivity (Wildman–Crippen MR) is 128 cm³/mol. The number of aryl methyl sites for hydroxylation is 1. The number of rotatable bonds is 6. The van der Waals surface area contributed by atoms with E-state index in [4.69, 9.17) is 0 Å². The van der Waals surface area contributed by atoms with E-state index >= 15 is 0 Å². The maximum atomic E-state index is 11.8. The van der Waals surface area contributed by atoms with Crippen molar-refractivity contribution in [2.45, 2.75) is 26.6 Å². The van der Waals surface area contributed by atoms with Crippen molar-refractivity contribution in [3.05, 3.63) is 92.0 Å². The minimum Gasteiger partial charge on any atom is -0.352 e. The summed E-state index contributed by atoms with van der Waals surface area (Å²) >= 11 is 1.75. The monoisotopic (exact) mass is 508 g/mol. The number of aliphatic imine (C=N–C) groups is 1. The third-order valence-corrected chi connectivity index (χ3v) is 5.37. The van der Waals surface area contributed by atoms with E-state index in [9.17, 15) is 4.79 Å². The lowest BCUT2D eigenvalue weighted by Crippen LogP contribution is -2.36. The van der Waals surface area contributed by atoms with E-state index in [0.29, 0.717) is 13.1 Å². The molecule has 2 N–H and O–H groups in total. The minimum atomic E-state index is 0. The van der Waals surface area contributed by atoms with Gasteiger partial charge in [0.15, 0.2) is 5.96 Å². The van der Waals surface area contributed by atoms with E-state index in [-0.39, 0.29) is 29.5 Å². The first kappa shape index (κ1) is 22.2. The first-order valence-corrected chi connectivity index (χ1v) is 9.74. The highest BCUT2D eigenvalue weighted by Crippen LogP contribution is 2.14. The Bertz CT molecular complexity index is 963. The molecular formula is C21H25IN4OS. The van der Waals surface area contributed by atoms with Gasteiger partial charge in [-0.2, -0.15) is 0 Å². The van der Waals surface area contributed by atoms with Gasteiger partial charge >= 0.3 is 0 Å². The highest BCUT2D eigenvalue weighted by atomic mass is 127. The number of thiophene rings is 1. The van der Waals surface area contributed by atoms with Gasteiger partial charge in [-0.15, -0.1) is 35.3 Å². The van der Waals surface area contributed by atoms with Crippen LogP contribution in [0.3, 0.4) is 0 Å². The van der Waals surface area contributed by atoms with Crippen LogP contribution in [0.25, 0.3) is 0 Å². The van der Waals surface area contributed by atoms with Gasteiger partial charge in [-0.05, 0) is 41.1 Å². The summed E-state index contributed by atoms with van der Waals surface area (Å²) in [5.74, 6) is 0.780. The highest BCUT2D eigenvalue weighted by Gasteiger charge is 2.03. The van der Waals surface area contributed by atoms with Crippen molar-refractivity contribution in [3.8, 4) is 0 Å². The van der Waals surface area contributed by atoms with Crippen molar-refractivity contribution in [1.82, 2.24) is 15.2 Å². The number of benzene rings is 1. The normalized spacial score (nSPS) is 11.0. The van der Waals surface area contributed by atoms with Crippen LogP contribution in [-0.4, -0.2) is 17.6 Å². The molecule has 2 aromatic heterocycles. The lowest BCUT2D eigenvalue weighted by molar-refractivity contribution is 0.758. The van der Waals surface area contributed by atoms with Gasteiger partial charge in [0.2, 0.25) is 0 Å². The molecule has 7 heteroatoms. The number of guanidine groups is 1. The Morgan fingerprint density at radius 2 is 1.75 bits per heavy atom. The summed E-state index contributed by atoms with van der Waals surface area (Å²) < 4.78 is 1.70. The summed E-state index contributed by atoms with van der Waals surface area (Å²) in [7, 11) is 1.78. The Hall–Kier alpha value is -2.13. The Labute approximate surface area is 186 Å². The lowest BCUT2D eigenvalue weighted by Gasteiger charge is -2.12. The lowest BCUT2D eigenvalue weighted by atomic mass is 10.1. The summed E-state index contributed by atoms with van der Waals surface area (Å²) in [5, 5.41) is 8.78. The minimum absolute atomic E-state index is 0. The quantitative estimate of drug-likeness (QED) is 0.303. The van der Waals surface area contributed by atoms with Crippen molar-refractivity contribution in [1.29, 1.82) is 0 Å². The average Bonchev–Trinajstić information content (AvgIpc) is 3.10. The molecule has 148 valence electrons. The van der Waals surface area contributed by atoms with Crippen LogP contribution in [0.5, 0.6) is 0 Å². The van der Waals surface area contributed by atoms with Crippen LogP contribution in [0.15, 0.2) is 69.9 Å². The predicted octanol–water partition coefficient (Wildman–Crippen LogP) is 3.75. The third-order valence-electron chi connectivity index (χ3n) is 4.34. The fraction of sp³-hybridized carbons (Fsp3) is 0.238. The van der Waals surface area contributed by atoms with E-state index in [1.807, 2.05) is 12.3 Å². The van der Waals surface area contributed by atoms with Crippen molar-refractivity contribution in [2.75, 3.05) is 7.05 Å². The Morgan fingerprint density at radius 3 is 2.39 bits per heavy atom. The maximum Gasteiger partial charge on any atom is 0.250 e. The topological polar surface area (TPSA) is 58.4 Å². The molecular weight excluding hydrogens is 483 g/mol. The van der Waals surface area contributed by atoms with Crippen LogP contribution in [-0.2, 0) is 19.6 Å². The number of hydrogen-bond acceptors (Lipinski definition) is 3. The zero-order valence-electron chi connectivity index (χ0n) is 16.0. The number of hydrogen-bond donors (Lipinski definition) is 2. The fourth-order valence-corrected chi connectivity index (χ4v) is 3.55. The molecule has 0 atom stereocenters. The molecule has 28 heavy (non-hydrogen) atoms. The molecule has 0 aliphatic carbocycles. The van der Waals surface area contributed by atoms with Gasteiger partial charge in [-0.25, -0.2) is 0 Å². The third kappa shape index (κ3) is 6.20. The molecule has 0 bridgehead atoms. The molecule has 3 rings (SSSR count). The van der Waals surface area contributed by atoms with Gasteiger partial charge in [-0.1, -0.05) is 30.3 Å². The number of aromatic nitrogens is 1. The zero-order chi connectivity index (χ0) is 19.1. The molecule has 1 aromatic carbocycles. The first-order valence-electron chi connectivity index (χ1n) is 8.86. The summed E-state index contributed by atoms with van der Waals surface area (Å²) in [5.41, 5.74) is 3.58. The Morgan fingerprint density at radius 1 is 1.04 bits per heavy atom. The van der Waals surface area contributed by atoms with Crippen LogP contribution >= 0.6 is 35.3 Å². The largest absolute Gasteiger partial charge is 0.352 e. The fourth-order valence-electron chi connectivity index (χ4n) is 2.71. The molecule has 0 saturated heterocycles. The van der Waals surface area contributed by atoms with Crippen molar-refractivity contribution in [2.24, 2.45) is 4.99 Å². The molecule has 3 aromatic rings. The van der Waals surface area contributed by atoms with Gasteiger partial charge in [0, 0.05) is 30.7 Å². The molecule has 0 amide bonds. The van der Waals surface area contributed by atoms with Gasteiger partial charge in [-0.3, -0.25) is 9.79 Å². The van der Waals surface area contributed by atoms with E-state index in [1.54, 1.807) is 35.1 Å². The van der Waals surface area contributed by atoms with E-state index in [1.165, 1.54) is 10.4 Å². The van der Waals surface area contributed by atoms with Crippen LogP contribution in [0, 0.1) is 6.92 Å². The van der Waals surface area contributed by atoms with Gasteiger partial charge in [0.05, 0.1) is 13.1 Å². The zero-order valence-corrected chi connectivity index (χ0v) is 19.2. The molecule has 0 aliphatic rings. The second-order valence-corrected chi connectivity index (χ2v) is 7.29. The van der Waals surface area contributed by atoms with E-state index in [0.717, 1.165) is 23.6 Å². The summed E-state index contributed by atoms with van der Waals surface area (Å²) in [4.78, 5) is 17.4. The van der Waals surface area contributed by atoms with Crippen molar-refractivity contribution in [3.63, 3.8) is 0 Å². The van der Waals surface area contributed by atoms with Gasteiger partial charge < -0.3 is 15.2 Å². The summed E-state index contributed by atoms with van der Waals surface area (Å²) in [6.07, 6.45) is 1.81. The van der Waals surface area contributed by atoms with Crippen LogP contribution in [0.4, 0.5) is 0 Å². The average molecular weight is 508 g/mol. The molecule has 0 saturated carbocycles. The van der Waals surface area contributed by atoms with Crippen LogP contribution in [0.1, 0.15) is 21.6 Å². The Balaban J connectivity index is 0.00000280. The molecule has 5 nitrogen and oxygen atoms in total. The molecule has 0 spiro atoms. The summed E-state index contributed by atoms with van der Waals surface area (Å²) in [6, 6.07) is 15.6. The number of halogens is 1. The van der Waals surface area contributed by atoms with Crippen molar-refractivity contribution < 1.29 is 0 Å². The van der Waals surface area contributed by atoms with Crippen molar-refractivity contribution >= 4 is 41.3 Å². The van der Waals surface area contributed by atoms with Crippen LogP contribution < -0.4 is 16.2 Å². The first-order chi connectivity index (χ1) is 13.2. The Kier molecular flexibility index (Phi) is 8.72. The molecule has 0 unspecified atom stereocenters. The van der Waals surface area contributed by atoms with Gasteiger partial charge in [0.1, 0.15) is 0 Å².